The van der Waals surface area contributed by atoms with Gasteiger partial charge in [-0.1, -0.05) is 54.1 Å². The van der Waals surface area contributed by atoms with Crippen LogP contribution in [0.15, 0.2) is 78.9 Å². The average molecular weight is 375 g/mol. The number of methoxy groups -OCH3 is 1. The van der Waals surface area contributed by atoms with E-state index in [2.05, 4.69) is 5.32 Å². The summed E-state index contributed by atoms with van der Waals surface area (Å²) in [6, 6.07) is 23.3. The Balaban J connectivity index is 1.86. The third-order valence-electron chi connectivity index (χ3n) is 4.17. The molecular formula is C23H21NO4. The topological polar surface area (TPSA) is 64.6 Å². The SMILES string of the molecule is COC(=O)c1cccc(O[C@H](C(=O)Nc2ccc(C)cc2)c2ccccc2)c1. The highest BCUT2D eigenvalue weighted by atomic mass is 16.5. The Morgan fingerprint density at radius 3 is 2.29 bits per heavy atom. The maximum atomic E-state index is 12.9. The van der Waals surface area contributed by atoms with Gasteiger partial charge in [-0.25, -0.2) is 4.79 Å². The third kappa shape index (κ3) is 4.76. The quantitative estimate of drug-likeness (QED) is 0.643. The Bertz CT molecular complexity index is 952. The van der Waals surface area contributed by atoms with Gasteiger partial charge < -0.3 is 14.8 Å². The predicted octanol–water partition coefficient (Wildman–Crippen LogP) is 4.54. The van der Waals surface area contributed by atoms with Gasteiger partial charge in [0.1, 0.15) is 5.75 Å². The number of carbonyl (C=O) groups is 2. The maximum Gasteiger partial charge on any atom is 0.337 e. The van der Waals surface area contributed by atoms with E-state index in [0.29, 0.717) is 22.6 Å². The van der Waals surface area contributed by atoms with Gasteiger partial charge in [0.05, 0.1) is 12.7 Å². The summed E-state index contributed by atoms with van der Waals surface area (Å²) in [6.45, 7) is 1.98. The van der Waals surface area contributed by atoms with E-state index in [0.717, 1.165) is 5.56 Å². The van der Waals surface area contributed by atoms with Crippen molar-refractivity contribution >= 4 is 17.6 Å². The molecule has 5 nitrogen and oxygen atoms in total. The summed E-state index contributed by atoms with van der Waals surface area (Å²) in [5.41, 5.74) is 2.85. The molecule has 1 atom stereocenters. The van der Waals surface area contributed by atoms with E-state index in [1.54, 1.807) is 24.3 Å². The van der Waals surface area contributed by atoms with E-state index in [4.69, 9.17) is 9.47 Å². The fraction of sp³-hybridized carbons (Fsp3) is 0.130. The minimum Gasteiger partial charge on any atom is -0.476 e. The van der Waals surface area contributed by atoms with Crippen LogP contribution in [0.1, 0.15) is 27.6 Å². The lowest BCUT2D eigenvalue weighted by molar-refractivity contribution is -0.123. The molecule has 0 aliphatic carbocycles. The number of carbonyl (C=O) groups excluding carboxylic acids is 2. The minimum absolute atomic E-state index is 0.307. The maximum absolute atomic E-state index is 12.9. The second-order valence-electron chi connectivity index (χ2n) is 6.28. The molecule has 0 aliphatic heterocycles. The van der Waals surface area contributed by atoms with Gasteiger partial charge in [-0.15, -0.1) is 0 Å². The molecule has 3 aromatic carbocycles. The summed E-state index contributed by atoms with van der Waals surface area (Å²) in [7, 11) is 1.32. The first-order valence-corrected chi connectivity index (χ1v) is 8.84. The van der Waals surface area contributed by atoms with Crippen molar-refractivity contribution in [1.82, 2.24) is 0 Å². The Hall–Kier alpha value is -3.60. The zero-order chi connectivity index (χ0) is 19.9. The molecule has 3 aromatic rings. The van der Waals surface area contributed by atoms with Crippen LogP contribution in [0.4, 0.5) is 5.69 Å². The first-order valence-electron chi connectivity index (χ1n) is 8.84. The number of hydrogen-bond acceptors (Lipinski definition) is 4. The number of ether oxygens (including phenoxy) is 2. The van der Waals surface area contributed by atoms with Crippen LogP contribution in [-0.2, 0) is 9.53 Å². The Kier molecular flexibility index (Phi) is 6.07. The number of anilines is 1. The van der Waals surface area contributed by atoms with Crippen LogP contribution < -0.4 is 10.1 Å². The zero-order valence-corrected chi connectivity index (χ0v) is 15.7. The lowest BCUT2D eigenvalue weighted by atomic mass is 10.1. The highest BCUT2D eigenvalue weighted by Gasteiger charge is 2.23. The highest BCUT2D eigenvalue weighted by Crippen LogP contribution is 2.25. The van der Waals surface area contributed by atoms with Gasteiger partial charge in [0.2, 0.25) is 6.10 Å². The largest absolute Gasteiger partial charge is 0.476 e. The van der Waals surface area contributed by atoms with Crippen molar-refractivity contribution in [1.29, 1.82) is 0 Å². The molecule has 0 saturated heterocycles. The van der Waals surface area contributed by atoms with Crippen molar-refractivity contribution in [2.45, 2.75) is 13.0 Å². The van der Waals surface area contributed by atoms with E-state index >= 15 is 0 Å². The molecule has 0 aliphatic rings. The Morgan fingerprint density at radius 1 is 0.893 bits per heavy atom. The number of benzene rings is 3. The molecule has 0 radical (unpaired) electrons. The lowest BCUT2D eigenvalue weighted by Gasteiger charge is -2.19. The van der Waals surface area contributed by atoms with Crippen molar-refractivity contribution in [3.63, 3.8) is 0 Å². The van der Waals surface area contributed by atoms with E-state index in [1.807, 2.05) is 61.5 Å². The normalized spacial score (nSPS) is 11.4. The van der Waals surface area contributed by atoms with E-state index < -0.39 is 12.1 Å². The van der Waals surface area contributed by atoms with Crippen LogP contribution in [0.5, 0.6) is 5.75 Å². The number of esters is 1. The van der Waals surface area contributed by atoms with Crippen LogP contribution in [0, 0.1) is 6.92 Å². The molecule has 0 bridgehead atoms. The Labute approximate surface area is 163 Å². The number of nitrogens with one attached hydrogen (secondary N) is 1. The summed E-state index contributed by atoms with van der Waals surface area (Å²) in [4.78, 5) is 24.7. The summed E-state index contributed by atoms with van der Waals surface area (Å²) < 4.78 is 10.7. The van der Waals surface area contributed by atoms with Crippen molar-refractivity contribution < 1.29 is 19.1 Å². The second kappa shape index (κ2) is 8.86. The molecule has 142 valence electrons. The summed E-state index contributed by atoms with van der Waals surface area (Å²) in [6.07, 6.45) is -0.879. The summed E-state index contributed by atoms with van der Waals surface area (Å²) in [5, 5.41) is 2.88. The molecule has 1 N–H and O–H groups in total. The number of hydrogen-bond donors (Lipinski definition) is 1. The van der Waals surface area contributed by atoms with E-state index in [9.17, 15) is 9.59 Å². The van der Waals surface area contributed by atoms with Crippen molar-refractivity contribution in [2.75, 3.05) is 12.4 Å². The first kappa shape index (κ1) is 19.2. The predicted molar refractivity (Wildman–Crippen MR) is 107 cm³/mol. The molecular weight excluding hydrogens is 354 g/mol. The average Bonchev–Trinajstić information content (AvgIpc) is 2.74. The molecule has 0 aromatic heterocycles. The number of rotatable bonds is 6. The van der Waals surface area contributed by atoms with Crippen LogP contribution in [0.2, 0.25) is 0 Å². The molecule has 0 spiro atoms. The third-order valence-corrected chi connectivity index (χ3v) is 4.17. The molecule has 0 heterocycles. The van der Waals surface area contributed by atoms with Crippen molar-refractivity contribution in [3.05, 3.63) is 95.6 Å². The van der Waals surface area contributed by atoms with Gasteiger partial charge in [-0.05, 0) is 37.3 Å². The van der Waals surface area contributed by atoms with Gasteiger partial charge in [-0.2, -0.15) is 0 Å². The van der Waals surface area contributed by atoms with Crippen molar-refractivity contribution in [3.8, 4) is 5.75 Å². The van der Waals surface area contributed by atoms with Gasteiger partial charge in [-0.3, -0.25) is 4.79 Å². The molecule has 1 amide bonds. The molecule has 0 fully saturated rings. The summed E-state index contributed by atoms with van der Waals surface area (Å²) in [5.74, 6) is -0.375. The minimum atomic E-state index is -0.879. The second-order valence-corrected chi connectivity index (χ2v) is 6.28. The standard InChI is InChI=1S/C23H21NO4/c1-16-11-13-19(14-12-16)24-22(25)21(17-7-4-3-5-8-17)28-20-10-6-9-18(15-20)23(26)27-2/h3-15,21H,1-2H3,(H,24,25)/t21-/m0/s1. The number of aryl methyl sites for hydroxylation is 1. The highest BCUT2D eigenvalue weighted by molar-refractivity contribution is 5.95. The van der Waals surface area contributed by atoms with Gasteiger partial charge >= 0.3 is 5.97 Å². The summed E-state index contributed by atoms with van der Waals surface area (Å²) >= 11 is 0. The monoisotopic (exact) mass is 375 g/mol. The van der Waals surface area contributed by atoms with E-state index in [1.165, 1.54) is 7.11 Å². The van der Waals surface area contributed by atoms with Gasteiger partial charge in [0.15, 0.2) is 0 Å². The van der Waals surface area contributed by atoms with Gasteiger partial charge in [0.25, 0.3) is 5.91 Å². The lowest BCUT2D eigenvalue weighted by Crippen LogP contribution is -2.25. The molecule has 0 unspecified atom stereocenters. The first-order chi connectivity index (χ1) is 13.6. The Morgan fingerprint density at radius 2 is 1.61 bits per heavy atom. The van der Waals surface area contributed by atoms with Crippen LogP contribution in [0.3, 0.4) is 0 Å². The van der Waals surface area contributed by atoms with Crippen LogP contribution in [-0.4, -0.2) is 19.0 Å². The molecule has 0 saturated carbocycles. The number of amides is 1. The molecule has 28 heavy (non-hydrogen) atoms. The fourth-order valence-corrected chi connectivity index (χ4v) is 2.70. The van der Waals surface area contributed by atoms with Crippen LogP contribution >= 0.6 is 0 Å². The van der Waals surface area contributed by atoms with Crippen molar-refractivity contribution in [2.24, 2.45) is 0 Å². The fourth-order valence-electron chi connectivity index (χ4n) is 2.70. The molecule has 3 rings (SSSR count). The zero-order valence-electron chi connectivity index (χ0n) is 15.7. The van der Waals surface area contributed by atoms with Crippen LogP contribution in [0.25, 0.3) is 0 Å². The smallest absolute Gasteiger partial charge is 0.337 e. The van der Waals surface area contributed by atoms with Gasteiger partial charge in [0, 0.05) is 11.3 Å². The molecule has 5 heteroatoms. The van der Waals surface area contributed by atoms with E-state index in [-0.39, 0.29) is 5.91 Å².